The van der Waals surface area contributed by atoms with E-state index in [-0.39, 0.29) is 0 Å². The molecule has 0 aliphatic heterocycles. The zero-order valence-electron chi connectivity index (χ0n) is 11.2. The summed E-state index contributed by atoms with van der Waals surface area (Å²) in [4.78, 5) is 5.34. The average Bonchev–Trinajstić information content (AvgIpc) is 2.80. The zero-order chi connectivity index (χ0) is 12.5. The Labute approximate surface area is 110 Å². The standard InChI is InChI=1S/C14H26N2S/c1-3-5-9-16(10-6-4-2)12-14-8-7-13(11-15)17-14/h7-8H,3-6,9-12,15H2,1-2H3. The molecule has 0 aliphatic carbocycles. The lowest BCUT2D eigenvalue weighted by Crippen LogP contribution is -2.25. The Bertz CT molecular complexity index is 288. The number of hydrogen-bond acceptors (Lipinski definition) is 3. The molecule has 98 valence electrons. The topological polar surface area (TPSA) is 29.3 Å². The molecule has 0 aromatic carbocycles. The zero-order valence-corrected chi connectivity index (χ0v) is 12.1. The first-order valence-electron chi connectivity index (χ1n) is 6.80. The van der Waals surface area contributed by atoms with Crippen LogP contribution in [0.25, 0.3) is 0 Å². The van der Waals surface area contributed by atoms with Crippen LogP contribution in [0.2, 0.25) is 0 Å². The number of nitrogens with two attached hydrogens (primary N) is 1. The van der Waals surface area contributed by atoms with Crippen molar-refractivity contribution in [2.45, 2.75) is 52.6 Å². The smallest absolute Gasteiger partial charge is 0.0328 e. The van der Waals surface area contributed by atoms with Gasteiger partial charge in [0.1, 0.15) is 0 Å². The van der Waals surface area contributed by atoms with Crippen molar-refractivity contribution >= 4 is 11.3 Å². The number of thiophene rings is 1. The Kier molecular flexibility index (Phi) is 7.49. The quantitative estimate of drug-likeness (QED) is 0.729. The summed E-state index contributed by atoms with van der Waals surface area (Å²) in [6.07, 6.45) is 5.17. The van der Waals surface area contributed by atoms with E-state index >= 15 is 0 Å². The predicted octanol–water partition coefficient (Wildman–Crippen LogP) is 3.61. The van der Waals surface area contributed by atoms with Gasteiger partial charge in [0.2, 0.25) is 0 Å². The van der Waals surface area contributed by atoms with Gasteiger partial charge in [0.05, 0.1) is 0 Å². The number of unbranched alkanes of at least 4 members (excludes halogenated alkanes) is 2. The number of hydrogen-bond donors (Lipinski definition) is 1. The van der Waals surface area contributed by atoms with Crippen molar-refractivity contribution in [3.63, 3.8) is 0 Å². The van der Waals surface area contributed by atoms with E-state index < -0.39 is 0 Å². The maximum atomic E-state index is 5.65. The van der Waals surface area contributed by atoms with E-state index in [4.69, 9.17) is 5.73 Å². The minimum atomic E-state index is 0.675. The first kappa shape index (κ1) is 14.7. The molecule has 1 heterocycles. The molecule has 0 aliphatic rings. The summed E-state index contributed by atoms with van der Waals surface area (Å²) in [7, 11) is 0. The van der Waals surface area contributed by atoms with Gasteiger partial charge < -0.3 is 5.73 Å². The molecule has 0 fully saturated rings. The van der Waals surface area contributed by atoms with Crippen molar-refractivity contribution in [2.75, 3.05) is 13.1 Å². The molecular formula is C14H26N2S. The van der Waals surface area contributed by atoms with Crippen molar-refractivity contribution < 1.29 is 0 Å². The lowest BCUT2D eigenvalue weighted by molar-refractivity contribution is 0.259. The maximum absolute atomic E-state index is 5.65. The lowest BCUT2D eigenvalue weighted by Gasteiger charge is -2.21. The highest BCUT2D eigenvalue weighted by Crippen LogP contribution is 2.18. The van der Waals surface area contributed by atoms with Crippen LogP contribution >= 0.6 is 11.3 Å². The second kappa shape index (κ2) is 8.67. The van der Waals surface area contributed by atoms with Crippen molar-refractivity contribution in [1.82, 2.24) is 4.90 Å². The highest BCUT2D eigenvalue weighted by Gasteiger charge is 2.07. The molecule has 0 radical (unpaired) electrons. The molecular weight excluding hydrogens is 228 g/mol. The van der Waals surface area contributed by atoms with Crippen LogP contribution in [0.4, 0.5) is 0 Å². The first-order valence-corrected chi connectivity index (χ1v) is 7.61. The highest BCUT2D eigenvalue weighted by molar-refractivity contribution is 7.11. The minimum absolute atomic E-state index is 0.675. The largest absolute Gasteiger partial charge is 0.326 e. The van der Waals surface area contributed by atoms with E-state index in [1.165, 1.54) is 48.5 Å². The van der Waals surface area contributed by atoms with E-state index in [0.717, 1.165) is 6.54 Å². The van der Waals surface area contributed by atoms with Crippen LogP contribution in [0.5, 0.6) is 0 Å². The molecule has 2 N–H and O–H groups in total. The summed E-state index contributed by atoms with van der Waals surface area (Å²) in [5, 5.41) is 0. The fourth-order valence-corrected chi connectivity index (χ4v) is 2.81. The Morgan fingerprint density at radius 1 is 1.06 bits per heavy atom. The number of rotatable bonds is 9. The van der Waals surface area contributed by atoms with Gasteiger partial charge in [0.15, 0.2) is 0 Å². The van der Waals surface area contributed by atoms with Gasteiger partial charge in [-0.3, -0.25) is 4.90 Å². The summed E-state index contributed by atoms with van der Waals surface area (Å²) in [5.41, 5.74) is 5.65. The molecule has 0 bridgehead atoms. The highest BCUT2D eigenvalue weighted by atomic mass is 32.1. The fourth-order valence-electron chi connectivity index (χ4n) is 1.87. The summed E-state index contributed by atoms with van der Waals surface area (Å²) in [5.74, 6) is 0. The van der Waals surface area contributed by atoms with Gasteiger partial charge in [-0.05, 0) is 38.1 Å². The monoisotopic (exact) mass is 254 g/mol. The third-order valence-electron chi connectivity index (χ3n) is 2.95. The molecule has 3 heteroatoms. The molecule has 2 nitrogen and oxygen atoms in total. The second-order valence-electron chi connectivity index (χ2n) is 4.56. The Morgan fingerprint density at radius 2 is 1.65 bits per heavy atom. The summed E-state index contributed by atoms with van der Waals surface area (Å²) >= 11 is 1.86. The molecule has 0 atom stereocenters. The SMILES string of the molecule is CCCCN(CCCC)Cc1ccc(CN)s1. The van der Waals surface area contributed by atoms with Crippen LogP contribution in [0.15, 0.2) is 12.1 Å². The molecule has 0 amide bonds. The average molecular weight is 254 g/mol. The summed E-state index contributed by atoms with van der Waals surface area (Å²) in [6.45, 7) is 8.75. The van der Waals surface area contributed by atoms with Gasteiger partial charge in [0.25, 0.3) is 0 Å². The molecule has 1 aromatic heterocycles. The third kappa shape index (κ3) is 5.66. The molecule has 0 saturated heterocycles. The summed E-state index contributed by atoms with van der Waals surface area (Å²) in [6, 6.07) is 4.40. The van der Waals surface area contributed by atoms with Crippen LogP contribution < -0.4 is 5.73 Å². The molecule has 1 rings (SSSR count). The fraction of sp³-hybridized carbons (Fsp3) is 0.714. The van der Waals surface area contributed by atoms with Crippen molar-refractivity contribution in [1.29, 1.82) is 0 Å². The molecule has 17 heavy (non-hydrogen) atoms. The van der Waals surface area contributed by atoms with Crippen molar-refractivity contribution in [3.8, 4) is 0 Å². The van der Waals surface area contributed by atoms with Crippen molar-refractivity contribution in [3.05, 3.63) is 21.9 Å². The molecule has 0 unspecified atom stereocenters. The van der Waals surface area contributed by atoms with Crippen LogP contribution in [-0.4, -0.2) is 18.0 Å². The first-order chi connectivity index (χ1) is 8.30. The van der Waals surface area contributed by atoms with Crippen LogP contribution in [0.1, 0.15) is 49.3 Å². The van der Waals surface area contributed by atoms with Gasteiger partial charge in [-0.2, -0.15) is 0 Å². The van der Waals surface area contributed by atoms with Crippen LogP contribution in [-0.2, 0) is 13.1 Å². The Morgan fingerprint density at radius 3 is 2.12 bits per heavy atom. The van der Waals surface area contributed by atoms with Gasteiger partial charge in [-0.15, -0.1) is 11.3 Å². The lowest BCUT2D eigenvalue weighted by atomic mass is 10.2. The van der Waals surface area contributed by atoms with E-state index in [0.29, 0.717) is 6.54 Å². The molecule has 1 aromatic rings. The van der Waals surface area contributed by atoms with E-state index in [1.807, 2.05) is 11.3 Å². The van der Waals surface area contributed by atoms with E-state index in [9.17, 15) is 0 Å². The van der Waals surface area contributed by atoms with Gasteiger partial charge in [0, 0.05) is 22.8 Å². The van der Waals surface area contributed by atoms with Gasteiger partial charge >= 0.3 is 0 Å². The second-order valence-corrected chi connectivity index (χ2v) is 5.81. The minimum Gasteiger partial charge on any atom is -0.326 e. The Balaban J connectivity index is 2.45. The van der Waals surface area contributed by atoms with Crippen molar-refractivity contribution in [2.24, 2.45) is 5.73 Å². The Hall–Kier alpha value is -0.380. The third-order valence-corrected chi connectivity index (χ3v) is 4.05. The number of nitrogens with zero attached hydrogens (tertiary/aromatic N) is 1. The normalized spacial score (nSPS) is 11.3. The van der Waals surface area contributed by atoms with E-state index in [2.05, 4.69) is 30.9 Å². The molecule has 0 spiro atoms. The predicted molar refractivity (Wildman–Crippen MR) is 77.3 cm³/mol. The van der Waals surface area contributed by atoms with Crippen LogP contribution in [0.3, 0.4) is 0 Å². The van der Waals surface area contributed by atoms with Crippen LogP contribution in [0, 0.1) is 0 Å². The maximum Gasteiger partial charge on any atom is 0.0328 e. The molecule has 0 saturated carbocycles. The van der Waals surface area contributed by atoms with E-state index in [1.54, 1.807) is 0 Å². The summed E-state index contributed by atoms with van der Waals surface area (Å²) < 4.78 is 0. The van der Waals surface area contributed by atoms with Gasteiger partial charge in [-0.25, -0.2) is 0 Å². The van der Waals surface area contributed by atoms with Gasteiger partial charge in [-0.1, -0.05) is 26.7 Å².